The molecule has 0 spiro atoms. The summed E-state index contributed by atoms with van der Waals surface area (Å²) in [6, 6.07) is 15.7. The Labute approximate surface area is 184 Å². The van der Waals surface area contributed by atoms with Gasteiger partial charge in [0, 0.05) is 29.8 Å². The van der Waals surface area contributed by atoms with Crippen LogP contribution < -0.4 is 25.4 Å². The van der Waals surface area contributed by atoms with Gasteiger partial charge >= 0.3 is 6.03 Å². The molecule has 4 aromatic rings. The summed E-state index contributed by atoms with van der Waals surface area (Å²) >= 11 is 0. The van der Waals surface area contributed by atoms with Gasteiger partial charge in [-0.1, -0.05) is 6.07 Å². The van der Waals surface area contributed by atoms with Gasteiger partial charge in [-0.25, -0.2) is 19.4 Å². The minimum atomic E-state index is -0.406. The SMILES string of the molecule is COc1cccc(NC(=O)Nc2ccc(Nc3cc(-n4cccn4)ncn3)cc2)c1OC. The van der Waals surface area contributed by atoms with Gasteiger partial charge in [0.05, 0.1) is 19.9 Å². The number of hydrogen-bond donors (Lipinski definition) is 3. The number of aromatic nitrogens is 4. The van der Waals surface area contributed by atoms with E-state index in [9.17, 15) is 4.79 Å². The summed E-state index contributed by atoms with van der Waals surface area (Å²) in [5.74, 6) is 2.25. The van der Waals surface area contributed by atoms with E-state index in [0.717, 1.165) is 5.69 Å². The van der Waals surface area contributed by atoms with Crippen molar-refractivity contribution in [1.82, 2.24) is 19.7 Å². The molecule has 32 heavy (non-hydrogen) atoms. The number of benzene rings is 2. The van der Waals surface area contributed by atoms with Crippen LogP contribution in [0.5, 0.6) is 11.5 Å². The zero-order valence-corrected chi connectivity index (χ0v) is 17.4. The van der Waals surface area contributed by atoms with Crippen LogP contribution in [0.1, 0.15) is 0 Å². The van der Waals surface area contributed by atoms with Crippen molar-refractivity contribution >= 4 is 28.9 Å². The Kier molecular flexibility index (Phi) is 6.12. The number of carbonyl (C=O) groups is 1. The van der Waals surface area contributed by atoms with Crippen LogP contribution in [0.4, 0.5) is 27.7 Å². The molecule has 0 aliphatic carbocycles. The smallest absolute Gasteiger partial charge is 0.323 e. The van der Waals surface area contributed by atoms with Crippen molar-refractivity contribution in [2.75, 3.05) is 30.2 Å². The molecule has 0 atom stereocenters. The average Bonchev–Trinajstić information content (AvgIpc) is 3.35. The number of amides is 2. The highest BCUT2D eigenvalue weighted by molar-refractivity contribution is 6.01. The second-order valence-corrected chi connectivity index (χ2v) is 6.53. The molecule has 0 unspecified atom stereocenters. The van der Waals surface area contributed by atoms with Gasteiger partial charge in [0.25, 0.3) is 0 Å². The van der Waals surface area contributed by atoms with Crippen molar-refractivity contribution in [3.8, 4) is 17.3 Å². The summed E-state index contributed by atoms with van der Waals surface area (Å²) in [5, 5.41) is 12.9. The van der Waals surface area contributed by atoms with Crippen LogP contribution in [-0.2, 0) is 0 Å². The molecule has 3 N–H and O–H groups in total. The zero-order valence-electron chi connectivity index (χ0n) is 17.4. The number of urea groups is 1. The van der Waals surface area contributed by atoms with Crippen molar-refractivity contribution in [3.05, 3.63) is 73.3 Å². The van der Waals surface area contributed by atoms with Crippen LogP contribution in [0.2, 0.25) is 0 Å². The van der Waals surface area contributed by atoms with E-state index in [1.807, 2.05) is 18.2 Å². The molecule has 2 aromatic carbocycles. The summed E-state index contributed by atoms with van der Waals surface area (Å²) < 4.78 is 12.2. The van der Waals surface area contributed by atoms with Crippen molar-refractivity contribution in [2.24, 2.45) is 0 Å². The Morgan fingerprint density at radius 1 is 0.938 bits per heavy atom. The maximum absolute atomic E-state index is 12.4. The molecule has 0 radical (unpaired) electrons. The van der Waals surface area contributed by atoms with Crippen LogP contribution in [0, 0.1) is 0 Å². The Bertz CT molecular complexity index is 1190. The van der Waals surface area contributed by atoms with Gasteiger partial charge in [0.1, 0.15) is 12.1 Å². The van der Waals surface area contributed by atoms with Crippen molar-refractivity contribution in [3.63, 3.8) is 0 Å². The Morgan fingerprint density at radius 3 is 2.47 bits per heavy atom. The quantitative estimate of drug-likeness (QED) is 0.404. The van der Waals surface area contributed by atoms with E-state index in [-0.39, 0.29) is 0 Å². The third kappa shape index (κ3) is 4.75. The molecule has 162 valence electrons. The van der Waals surface area contributed by atoms with Crippen LogP contribution in [-0.4, -0.2) is 40.0 Å². The molecular weight excluding hydrogens is 410 g/mol. The Hall–Kier alpha value is -4.60. The fourth-order valence-electron chi connectivity index (χ4n) is 3.00. The lowest BCUT2D eigenvalue weighted by Crippen LogP contribution is -2.19. The Balaban J connectivity index is 1.39. The molecule has 0 saturated carbocycles. The molecule has 0 bridgehead atoms. The van der Waals surface area contributed by atoms with Crippen LogP contribution in [0.25, 0.3) is 5.82 Å². The lowest BCUT2D eigenvalue weighted by molar-refractivity contribution is 0.262. The minimum absolute atomic E-state index is 0.406. The highest BCUT2D eigenvalue weighted by Crippen LogP contribution is 2.34. The van der Waals surface area contributed by atoms with Gasteiger partial charge in [0.2, 0.25) is 0 Å². The summed E-state index contributed by atoms with van der Waals surface area (Å²) in [7, 11) is 3.05. The largest absolute Gasteiger partial charge is 0.493 e. The van der Waals surface area contributed by atoms with E-state index in [1.54, 1.807) is 53.5 Å². The molecular formula is C22H21N7O3. The first kappa shape index (κ1) is 20.7. The molecule has 0 aliphatic rings. The van der Waals surface area contributed by atoms with E-state index in [0.29, 0.717) is 34.5 Å². The normalized spacial score (nSPS) is 10.3. The first-order chi connectivity index (χ1) is 15.7. The second-order valence-electron chi connectivity index (χ2n) is 6.53. The molecule has 2 amide bonds. The van der Waals surface area contributed by atoms with E-state index in [4.69, 9.17) is 9.47 Å². The number of carbonyl (C=O) groups excluding carboxylic acids is 1. The molecule has 0 aliphatic heterocycles. The fraction of sp³-hybridized carbons (Fsp3) is 0.0909. The summed E-state index contributed by atoms with van der Waals surface area (Å²) in [4.78, 5) is 20.8. The van der Waals surface area contributed by atoms with Crippen LogP contribution in [0.15, 0.2) is 73.3 Å². The van der Waals surface area contributed by atoms with Gasteiger partial charge in [-0.2, -0.15) is 5.10 Å². The van der Waals surface area contributed by atoms with Crippen LogP contribution >= 0.6 is 0 Å². The number of rotatable bonds is 7. The maximum atomic E-state index is 12.4. The van der Waals surface area contributed by atoms with Gasteiger partial charge in [-0.05, 0) is 42.5 Å². The van der Waals surface area contributed by atoms with E-state index >= 15 is 0 Å². The summed E-state index contributed by atoms with van der Waals surface area (Å²) in [6.45, 7) is 0. The van der Waals surface area contributed by atoms with E-state index in [1.165, 1.54) is 20.5 Å². The van der Waals surface area contributed by atoms with Crippen molar-refractivity contribution < 1.29 is 14.3 Å². The predicted octanol–water partition coefficient (Wildman–Crippen LogP) is 4.07. The number of anilines is 4. The fourth-order valence-corrected chi connectivity index (χ4v) is 3.00. The standard InChI is InChI=1S/C22H21N7O3/c1-31-18-6-3-5-17(21(18)32-2)28-22(30)27-16-9-7-15(8-10-16)26-19-13-20(24-14-23-19)29-12-4-11-25-29/h3-14H,1-2H3,(H,23,24,26)(H2,27,28,30). The van der Waals surface area contributed by atoms with Crippen molar-refractivity contribution in [1.29, 1.82) is 0 Å². The highest BCUT2D eigenvalue weighted by Gasteiger charge is 2.12. The van der Waals surface area contributed by atoms with Gasteiger partial charge in [-0.3, -0.25) is 0 Å². The monoisotopic (exact) mass is 431 g/mol. The summed E-state index contributed by atoms with van der Waals surface area (Å²) in [6.07, 6.45) is 4.95. The number of hydrogen-bond acceptors (Lipinski definition) is 7. The van der Waals surface area contributed by atoms with Gasteiger partial charge < -0.3 is 25.4 Å². The topological polar surface area (TPSA) is 115 Å². The molecule has 2 aromatic heterocycles. The van der Waals surface area contributed by atoms with Gasteiger partial charge in [-0.15, -0.1) is 0 Å². The molecule has 2 heterocycles. The van der Waals surface area contributed by atoms with Gasteiger partial charge in [0.15, 0.2) is 17.3 Å². The molecule has 0 fully saturated rings. The second kappa shape index (κ2) is 9.47. The number of methoxy groups -OCH3 is 2. The Morgan fingerprint density at radius 2 is 1.75 bits per heavy atom. The number of ether oxygens (including phenoxy) is 2. The third-order valence-electron chi connectivity index (χ3n) is 4.46. The minimum Gasteiger partial charge on any atom is -0.493 e. The third-order valence-corrected chi connectivity index (χ3v) is 4.46. The molecule has 0 saturated heterocycles. The van der Waals surface area contributed by atoms with E-state index < -0.39 is 6.03 Å². The average molecular weight is 431 g/mol. The first-order valence-electron chi connectivity index (χ1n) is 9.64. The number of nitrogens with zero attached hydrogens (tertiary/aromatic N) is 4. The summed E-state index contributed by atoms with van der Waals surface area (Å²) in [5.41, 5.74) is 1.92. The maximum Gasteiger partial charge on any atom is 0.323 e. The molecule has 10 heteroatoms. The number of nitrogens with one attached hydrogen (secondary N) is 3. The highest BCUT2D eigenvalue weighted by atomic mass is 16.5. The lowest BCUT2D eigenvalue weighted by Gasteiger charge is -2.14. The predicted molar refractivity (Wildman–Crippen MR) is 121 cm³/mol. The molecule has 10 nitrogen and oxygen atoms in total. The lowest BCUT2D eigenvalue weighted by atomic mass is 10.2. The van der Waals surface area contributed by atoms with E-state index in [2.05, 4.69) is 31.0 Å². The first-order valence-corrected chi connectivity index (χ1v) is 9.64. The zero-order chi connectivity index (χ0) is 22.3. The van der Waals surface area contributed by atoms with Crippen molar-refractivity contribution in [2.45, 2.75) is 0 Å². The van der Waals surface area contributed by atoms with Crippen LogP contribution in [0.3, 0.4) is 0 Å². The number of para-hydroxylation sites is 1. The molecule has 4 rings (SSSR count).